The number of unbranched alkanes of at least 4 members (excludes halogenated alkanes) is 2. The lowest BCUT2D eigenvalue weighted by atomic mass is 9.82. The molecule has 1 saturated carbocycles. The predicted octanol–water partition coefficient (Wildman–Crippen LogP) is 1.83. The van der Waals surface area contributed by atoms with E-state index in [1.165, 1.54) is 0 Å². The van der Waals surface area contributed by atoms with Crippen molar-refractivity contribution in [1.29, 1.82) is 5.26 Å². The number of nitrogens with zero attached hydrogens (tertiary/aromatic N) is 1. The first-order valence-electron chi connectivity index (χ1n) is 6.48. The fourth-order valence-corrected chi connectivity index (χ4v) is 2.44. The molecule has 0 heterocycles. The first-order valence-corrected chi connectivity index (χ1v) is 6.48. The van der Waals surface area contributed by atoms with E-state index in [1.807, 2.05) is 6.07 Å². The number of carboxylic acids is 1. The smallest absolute Gasteiger partial charge is 0.310 e. The fraction of sp³-hybridized carbons (Fsp3) is 0.769. The molecular weight excluding hydrogens is 232 g/mol. The van der Waals surface area contributed by atoms with Gasteiger partial charge in [0.25, 0.3) is 0 Å². The van der Waals surface area contributed by atoms with Gasteiger partial charge in [-0.05, 0) is 25.7 Å². The minimum atomic E-state index is -0.848. The standard InChI is InChI=1S/C13H20N2O3/c14-8-4-1-5-9-15-11(16)10-13(12(17)18)6-2-3-7-13/h1-7,9-10H2,(H,15,16)(H,17,18). The van der Waals surface area contributed by atoms with Crippen molar-refractivity contribution in [2.24, 2.45) is 5.41 Å². The number of carbonyl (C=O) groups is 2. The van der Waals surface area contributed by atoms with Crippen LogP contribution in [0.1, 0.15) is 51.4 Å². The predicted molar refractivity (Wildman–Crippen MR) is 65.6 cm³/mol. The van der Waals surface area contributed by atoms with E-state index in [1.54, 1.807) is 0 Å². The van der Waals surface area contributed by atoms with Gasteiger partial charge in [0.2, 0.25) is 5.91 Å². The maximum absolute atomic E-state index is 11.7. The summed E-state index contributed by atoms with van der Waals surface area (Å²) in [5.41, 5.74) is -0.837. The number of carboxylic acid groups (broad SMARTS) is 1. The highest BCUT2D eigenvalue weighted by Crippen LogP contribution is 2.41. The summed E-state index contributed by atoms with van der Waals surface area (Å²) in [6, 6.07) is 2.05. The van der Waals surface area contributed by atoms with Crippen LogP contribution >= 0.6 is 0 Å². The summed E-state index contributed by atoms with van der Waals surface area (Å²) in [5.74, 6) is -1.03. The number of aliphatic carboxylic acids is 1. The number of rotatable bonds is 7. The second kappa shape index (κ2) is 7.00. The maximum Gasteiger partial charge on any atom is 0.310 e. The summed E-state index contributed by atoms with van der Waals surface area (Å²) < 4.78 is 0. The van der Waals surface area contributed by atoms with E-state index >= 15 is 0 Å². The topological polar surface area (TPSA) is 90.2 Å². The van der Waals surface area contributed by atoms with Crippen LogP contribution in [0.3, 0.4) is 0 Å². The first-order chi connectivity index (χ1) is 8.60. The highest BCUT2D eigenvalue weighted by atomic mass is 16.4. The molecule has 0 aromatic carbocycles. The zero-order valence-corrected chi connectivity index (χ0v) is 10.6. The van der Waals surface area contributed by atoms with Crippen molar-refractivity contribution >= 4 is 11.9 Å². The van der Waals surface area contributed by atoms with Gasteiger partial charge in [0, 0.05) is 19.4 Å². The molecule has 5 nitrogen and oxygen atoms in total. The molecule has 1 fully saturated rings. The molecule has 1 aliphatic rings. The summed E-state index contributed by atoms with van der Waals surface area (Å²) in [4.78, 5) is 23.0. The Morgan fingerprint density at radius 3 is 2.50 bits per heavy atom. The molecule has 0 bridgehead atoms. The van der Waals surface area contributed by atoms with E-state index in [4.69, 9.17) is 5.26 Å². The van der Waals surface area contributed by atoms with E-state index in [-0.39, 0.29) is 12.3 Å². The Labute approximate surface area is 107 Å². The molecule has 0 atom stereocenters. The molecule has 0 radical (unpaired) electrons. The third kappa shape index (κ3) is 4.02. The molecule has 0 unspecified atom stereocenters. The lowest BCUT2D eigenvalue weighted by molar-refractivity contribution is -0.151. The third-order valence-electron chi connectivity index (χ3n) is 3.55. The fourth-order valence-electron chi connectivity index (χ4n) is 2.44. The van der Waals surface area contributed by atoms with E-state index in [0.717, 1.165) is 25.7 Å². The molecule has 0 aromatic rings. The van der Waals surface area contributed by atoms with Crippen molar-refractivity contribution in [3.05, 3.63) is 0 Å². The maximum atomic E-state index is 11.7. The van der Waals surface area contributed by atoms with Crippen LogP contribution in [-0.4, -0.2) is 23.5 Å². The van der Waals surface area contributed by atoms with E-state index < -0.39 is 11.4 Å². The van der Waals surface area contributed by atoms with Crippen LogP contribution in [-0.2, 0) is 9.59 Å². The van der Waals surface area contributed by atoms with Crippen LogP contribution in [0.2, 0.25) is 0 Å². The van der Waals surface area contributed by atoms with Gasteiger partial charge in [-0.1, -0.05) is 12.8 Å². The van der Waals surface area contributed by atoms with Gasteiger partial charge in [0.15, 0.2) is 0 Å². The number of hydrogen-bond donors (Lipinski definition) is 2. The second-order valence-corrected chi connectivity index (χ2v) is 4.93. The molecule has 0 aromatic heterocycles. The number of hydrogen-bond acceptors (Lipinski definition) is 3. The van der Waals surface area contributed by atoms with Crippen LogP contribution in [0.5, 0.6) is 0 Å². The summed E-state index contributed by atoms with van der Waals surface area (Å²) in [6.07, 6.45) is 5.09. The summed E-state index contributed by atoms with van der Waals surface area (Å²) >= 11 is 0. The second-order valence-electron chi connectivity index (χ2n) is 4.93. The Morgan fingerprint density at radius 1 is 1.28 bits per heavy atom. The lowest BCUT2D eigenvalue weighted by Gasteiger charge is -2.22. The van der Waals surface area contributed by atoms with E-state index in [9.17, 15) is 14.7 Å². The van der Waals surface area contributed by atoms with Crippen LogP contribution in [0.4, 0.5) is 0 Å². The number of carbonyl (C=O) groups excluding carboxylic acids is 1. The van der Waals surface area contributed by atoms with Gasteiger partial charge < -0.3 is 10.4 Å². The Balaban J connectivity index is 2.30. The van der Waals surface area contributed by atoms with E-state index in [2.05, 4.69) is 5.32 Å². The largest absolute Gasteiger partial charge is 0.481 e. The van der Waals surface area contributed by atoms with E-state index in [0.29, 0.717) is 25.8 Å². The Hall–Kier alpha value is -1.57. The van der Waals surface area contributed by atoms with Crippen LogP contribution in [0, 0.1) is 16.7 Å². The van der Waals surface area contributed by atoms with Gasteiger partial charge >= 0.3 is 5.97 Å². The van der Waals surface area contributed by atoms with Gasteiger partial charge in [0.05, 0.1) is 11.5 Å². The zero-order valence-electron chi connectivity index (χ0n) is 10.6. The van der Waals surface area contributed by atoms with Gasteiger partial charge in [-0.2, -0.15) is 5.26 Å². The average Bonchev–Trinajstić information content (AvgIpc) is 2.78. The van der Waals surface area contributed by atoms with Crippen molar-refractivity contribution < 1.29 is 14.7 Å². The van der Waals surface area contributed by atoms with Gasteiger partial charge in [0.1, 0.15) is 0 Å². The number of amides is 1. The molecule has 0 spiro atoms. The molecule has 1 aliphatic carbocycles. The Bertz CT molecular complexity index is 341. The first kappa shape index (κ1) is 14.5. The monoisotopic (exact) mass is 252 g/mol. The lowest BCUT2D eigenvalue weighted by Crippen LogP contribution is -2.36. The molecule has 5 heteroatoms. The summed E-state index contributed by atoms with van der Waals surface area (Å²) in [6.45, 7) is 0.524. The van der Waals surface area contributed by atoms with Crippen molar-refractivity contribution in [2.45, 2.75) is 51.4 Å². The van der Waals surface area contributed by atoms with Crippen LogP contribution in [0.25, 0.3) is 0 Å². The van der Waals surface area contributed by atoms with Crippen LogP contribution < -0.4 is 5.32 Å². The summed E-state index contributed by atoms with van der Waals surface area (Å²) in [5, 5.41) is 20.3. The molecule has 0 saturated heterocycles. The average molecular weight is 252 g/mol. The van der Waals surface area contributed by atoms with Gasteiger partial charge in [-0.25, -0.2) is 0 Å². The highest BCUT2D eigenvalue weighted by molar-refractivity contribution is 5.85. The van der Waals surface area contributed by atoms with Crippen molar-refractivity contribution in [3.63, 3.8) is 0 Å². The number of nitrogens with one attached hydrogen (secondary N) is 1. The quantitative estimate of drug-likeness (QED) is 0.676. The Kier molecular flexibility index (Phi) is 5.63. The highest BCUT2D eigenvalue weighted by Gasteiger charge is 2.42. The van der Waals surface area contributed by atoms with Crippen molar-refractivity contribution in [1.82, 2.24) is 5.32 Å². The Morgan fingerprint density at radius 2 is 1.94 bits per heavy atom. The van der Waals surface area contributed by atoms with Crippen LogP contribution in [0.15, 0.2) is 0 Å². The molecule has 100 valence electrons. The van der Waals surface area contributed by atoms with Gasteiger partial charge in [-0.3, -0.25) is 9.59 Å². The van der Waals surface area contributed by atoms with Crippen molar-refractivity contribution in [3.8, 4) is 6.07 Å². The minimum Gasteiger partial charge on any atom is -0.481 e. The normalized spacial score (nSPS) is 17.1. The molecule has 1 amide bonds. The number of nitriles is 1. The molecule has 0 aliphatic heterocycles. The zero-order chi connectivity index (χ0) is 13.4. The minimum absolute atomic E-state index is 0.0839. The molecular formula is C13H20N2O3. The summed E-state index contributed by atoms with van der Waals surface area (Å²) in [7, 11) is 0. The van der Waals surface area contributed by atoms with Crippen molar-refractivity contribution in [2.75, 3.05) is 6.54 Å². The molecule has 18 heavy (non-hydrogen) atoms. The molecule has 2 N–H and O–H groups in total. The van der Waals surface area contributed by atoms with Gasteiger partial charge in [-0.15, -0.1) is 0 Å². The third-order valence-corrected chi connectivity index (χ3v) is 3.55. The SMILES string of the molecule is N#CCCCCNC(=O)CC1(C(=O)O)CCCC1. The molecule has 1 rings (SSSR count).